The molecule has 2 aliphatic carbocycles. The summed E-state index contributed by atoms with van der Waals surface area (Å²) in [5.41, 5.74) is 1.94. The molecule has 3 nitrogen and oxygen atoms in total. The van der Waals surface area contributed by atoms with Crippen molar-refractivity contribution in [2.75, 3.05) is 0 Å². The maximum Gasteiger partial charge on any atom is 0.146 e. The molecule has 3 rings (SSSR count). The number of aldehydes is 1. The molecule has 2 atom stereocenters. The lowest BCUT2D eigenvalue weighted by Crippen LogP contribution is -2.15. The molecule has 0 spiro atoms. The van der Waals surface area contributed by atoms with Gasteiger partial charge in [-0.3, -0.25) is 4.98 Å². The minimum atomic E-state index is -0.232. The summed E-state index contributed by atoms with van der Waals surface area (Å²) in [6.07, 6.45) is 15.8. The molecule has 22 heavy (non-hydrogen) atoms. The molecule has 112 valence electrons. The highest BCUT2D eigenvalue weighted by Crippen LogP contribution is 2.31. The SMILES string of the molecule is O=CC1C=CC(c2ccncc2OC2C=CC(F)=CC2)=CC1. The van der Waals surface area contributed by atoms with Crippen molar-refractivity contribution in [3.63, 3.8) is 0 Å². The molecule has 0 aliphatic heterocycles. The number of carbonyl (C=O) groups is 1. The van der Waals surface area contributed by atoms with E-state index in [2.05, 4.69) is 4.98 Å². The zero-order chi connectivity index (χ0) is 15.4. The predicted octanol–water partition coefficient (Wildman–Crippen LogP) is 3.80. The van der Waals surface area contributed by atoms with E-state index in [-0.39, 0.29) is 17.8 Å². The Morgan fingerprint density at radius 3 is 2.82 bits per heavy atom. The molecule has 1 aromatic heterocycles. The molecule has 0 bridgehead atoms. The van der Waals surface area contributed by atoms with Crippen molar-refractivity contribution in [3.8, 4) is 5.75 Å². The van der Waals surface area contributed by atoms with E-state index in [1.165, 1.54) is 12.2 Å². The standard InChI is InChI=1S/C18H16FNO2/c19-15-5-7-16(8-6-15)22-18-11-20-10-9-17(18)14-3-1-13(12-21)2-4-14/h1,3-7,9-13,16H,2,8H2. The van der Waals surface area contributed by atoms with Crippen LogP contribution in [-0.2, 0) is 4.79 Å². The summed E-state index contributed by atoms with van der Waals surface area (Å²) >= 11 is 0. The van der Waals surface area contributed by atoms with E-state index in [0.717, 1.165) is 17.4 Å². The van der Waals surface area contributed by atoms with E-state index in [9.17, 15) is 9.18 Å². The van der Waals surface area contributed by atoms with Gasteiger partial charge in [0.1, 0.15) is 24.0 Å². The number of aromatic nitrogens is 1. The molecule has 0 radical (unpaired) electrons. The molecular weight excluding hydrogens is 281 g/mol. The van der Waals surface area contributed by atoms with Gasteiger partial charge in [0.2, 0.25) is 0 Å². The van der Waals surface area contributed by atoms with Crippen LogP contribution in [0.3, 0.4) is 0 Å². The molecule has 0 saturated carbocycles. The van der Waals surface area contributed by atoms with Crippen molar-refractivity contribution in [2.24, 2.45) is 5.92 Å². The third-order valence-corrected chi connectivity index (χ3v) is 3.70. The second kappa shape index (κ2) is 6.52. The van der Waals surface area contributed by atoms with Gasteiger partial charge >= 0.3 is 0 Å². The minimum Gasteiger partial charge on any atom is -0.484 e. The van der Waals surface area contributed by atoms with Crippen LogP contribution in [0, 0.1) is 5.92 Å². The van der Waals surface area contributed by atoms with Gasteiger partial charge in [0, 0.05) is 24.1 Å². The normalized spacial score (nSPS) is 23.7. The average Bonchev–Trinajstić information content (AvgIpc) is 2.58. The van der Waals surface area contributed by atoms with Crippen LogP contribution in [0.5, 0.6) is 5.75 Å². The summed E-state index contributed by atoms with van der Waals surface area (Å²) < 4.78 is 18.9. The van der Waals surface area contributed by atoms with Crippen LogP contribution in [0.1, 0.15) is 18.4 Å². The number of carbonyl (C=O) groups excluding carboxylic acids is 1. The maximum absolute atomic E-state index is 13.0. The molecular formula is C18H16FNO2. The van der Waals surface area contributed by atoms with E-state index in [1.807, 2.05) is 24.3 Å². The molecule has 1 aromatic rings. The summed E-state index contributed by atoms with van der Waals surface area (Å²) in [5, 5.41) is 0. The largest absolute Gasteiger partial charge is 0.484 e. The molecule has 0 amide bonds. The summed E-state index contributed by atoms with van der Waals surface area (Å²) in [4.78, 5) is 14.9. The van der Waals surface area contributed by atoms with Crippen LogP contribution in [-0.4, -0.2) is 17.4 Å². The maximum atomic E-state index is 13.0. The summed E-state index contributed by atoms with van der Waals surface area (Å²) in [5.74, 6) is 0.377. The Morgan fingerprint density at radius 1 is 1.23 bits per heavy atom. The second-order valence-corrected chi connectivity index (χ2v) is 5.27. The van der Waals surface area contributed by atoms with Crippen LogP contribution in [0.15, 0.2) is 60.7 Å². The lowest BCUT2D eigenvalue weighted by atomic mass is 9.94. The monoisotopic (exact) mass is 297 g/mol. The van der Waals surface area contributed by atoms with Crippen molar-refractivity contribution >= 4 is 11.9 Å². The molecule has 0 saturated heterocycles. The average molecular weight is 297 g/mol. The van der Waals surface area contributed by atoms with Crippen molar-refractivity contribution in [1.29, 1.82) is 0 Å². The zero-order valence-electron chi connectivity index (χ0n) is 12.0. The van der Waals surface area contributed by atoms with Crippen molar-refractivity contribution in [1.82, 2.24) is 4.98 Å². The Hall–Kier alpha value is -2.49. The van der Waals surface area contributed by atoms with Crippen molar-refractivity contribution in [3.05, 3.63) is 66.3 Å². The fourth-order valence-electron chi connectivity index (χ4n) is 2.48. The number of pyridine rings is 1. The van der Waals surface area contributed by atoms with Crippen molar-refractivity contribution < 1.29 is 13.9 Å². The van der Waals surface area contributed by atoms with Gasteiger partial charge in [0.25, 0.3) is 0 Å². The Balaban J connectivity index is 1.79. The van der Waals surface area contributed by atoms with Gasteiger partial charge in [-0.25, -0.2) is 4.39 Å². The number of halogens is 1. The topological polar surface area (TPSA) is 39.2 Å². The highest BCUT2D eigenvalue weighted by atomic mass is 19.1. The number of hydrogen-bond donors (Lipinski definition) is 0. The van der Waals surface area contributed by atoms with Gasteiger partial charge in [-0.2, -0.15) is 0 Å². The first-order valence-electron chi connectivity index (χ1n) is 7.25. The van der Waals surface area contributed by atoms with E-state index in [1.54, 1.807) is 18.5 Å². The third-order valence-electron chi connectivity index (χ3n) is 3.70. The predicted molar refractivity (Wildman–Crippen MR) is 82.9 cm³/mol. The number of rotatable bonds is 4. The number of hydrogen-bond acceptors (Lipinski definition) is 3. The van der Waals surface area contributed by atoms with E-state index >= 15 is 0 Å². The third kappa shape index (κ3) is 3.22. The van der Waals surface area contributed by atoms with Gasteiger partial charge in [0.05, 0.1) is 6.20 Å². The molecule has 4 heteroatoms. The van der Waals surface area contributed by atoms with Gasteiger partial charge in [-0.05, 0) is 36.3 Å². The minimum absolute atomic E-state index is 0.0515. The van der Waals surface area contributed by atoms with Gasteiger partial charge in [0.15, 0.2) is 0 Å². The van der Waals surface area contributed by atoms with Crippen LogP contribution < -0.4 is 4.74 Å². The molecule has 2 aliphatic rings. The second-order valence-electron chi connectivity index (χ2n) is 5.27. The molecule has 0 N–H and O–H groups in total. The van der Waals surface area contributed by atoms with Crippen LogP contribution >= 0.6 is 0 Å². The Bertz CT molecular complexity index is 688. The van der Waals surface area contributed by atoms with Gasteiger partial charge in [-0.1, -0.05) is 18.2 Å². The first-order chi connectivity index (χ1) is 10.8. The number of allylic oxidation sites excluding steroid dienone is 6. The van der Waals surface area contributed by atoms with Crippen LogP contribution in [0.4, 0.5) is 4.39 Å². The summed E-state index contributed by atoms with van der Waals surface area (Å²) in [6, 6.07) is 1.88. The molecule has 0 aromatic carbocycles. The molecule has 2 unspecified atom stereocenters. The van der Waals surface area contributed by atoms with E-state index < -0.39 is 0 Å². The first-order valence-corrected chi connectivity index (χ1v) is 7.25. The molecule has 0 fully saturated rings. The van der Waals surface area contributed by atoms with Gasteiger partial charge in [-0.15, -0.1) is 0 Å². The highest BCUT2D eigenvalue weighted by molar-refractivity contribution is 5.79. The highest BCUT2D eigenvalue weighted by Gasteiger charge is 2.16. The number of ether oxygens (including phenoxy) is 1. The first kappa shape index (κ1) is 14.4. The smallest absolute Gasteiger partial charge is 0.146 e. The fourth-order valence-corrected chi connectivity index (χ4v) is 2.48. The summed E-state index contributed by atoms with van der Waals surface area (Å²) in [7, 11) is 0. The van der Waals surface area contributed by atoms with E-state index in [4.69, 9.17) is 4.74 Å². The zero-order valence-corrected chi connectivity index (χ0v) is 12.0. The lowest BCUT2D eigenvalue weighted by Gasteiger charge is -2.20. The Labute approximate surface area is 128 Å². The van der Waals surface area contributed by atoms with Crippen molar-refractivity contribution in [2.45, 2.75) is 18.9 Å². The van der Waals surface area contributed by atoms with Crippen LogP contribution in [0.2, 0.25) is 0 Å². The quantitative estimate of drug-likeness (QED) is 0.793. The van der Waals surface area contributed by atoms with Crippen LogP contribution in [0.25, 0.3) is 5.57 Å². The van der Waals surface area contributed by atoms with E-state index in [0.29, 0.717) is 18.6 Å². The Morgan fingerprint density at radius 2 is 2.14 bits per heavy atom. The number of nitrogens with zero attached hydrogens (tertiary/aromatic N) is 1. The summed E-state index contributed by atoms with van der Waals surface area (Å²) in [6.45, 7) is 0. The Kier molecular flexibility index (Phi) is 4.28. The fraction of sp³-hybridized carbons (Fsp3) is 0.222. The lowest BCUT2D eigenvalue weighted by molar-refractivity contribution is -0.109. The van der Waals surface area contributed by atoms with Gasteiger partial charge < -0.3 is 9.53 Å². The molecule has 1 heterocycles.